The van der Waals surface area contributed by atoms with Crippen LogP contribution in [0.15, 0.2) is 18.3 Å². The Morgan fingerprint density at radius 2 is 1.82 bits per heavy atom. The van der Waals surface area contributed by atoms with Gasteiger partial charge in [0.05, 0.1) is 17.8 Å². The van der Waals surface area contributed by atoms with Crippen molar-refractivity contribution in [3.63, 3.8) is 0 Å². The van der Waals surface area contributed by atoms with E-state index in [1.807, 2.05) is 12.1 Å². The van der Waals surface area contributed by atoms with E-state index in [9.17, 15) is 0 Å². The highest BCUT2D eigenvalue weighted by Crippen LogP contribution is 2.22. The summed E-state index contributed by atoms with van der Waals surface area (Å²) in [6, 6.07) is 5.87. The van der Waals surface area contributed by atoms with Gasteiger partial charge in [0.15, 0.2) is 0 Å². The maximum Gasteiger partial charge on any atom is 0.128 e. The van der Waals surface area contributed by atoms with Crippen molar-refractivity contribution in [3.8, 4) is 6.07 Å². The maximum atomic E-state index is 8.80. The predicted molar refractivity (Wildman–Crippen MR) is 88.4 cm³/mol. The Labute approximate surface area is 138 Å². The van der Waals surface area contributed by atoms with E-state index in [1.54, 1.807) is 6.20 Å². The third-order valence-electron chi connectivity index (χ3n) is 4.31. The van der Waals surface area contributed by atoms with Crippen LogP contribution in [0.4, 0.5) is 5.82 Å². The fraction of sp³-hybridized carbons (Fsp3) is 0.625. The van der Waals surface area contributed by atoms with Gasteiger partial charge in [0.2, 0.25) is 0 Å². The van der Waals surface area contributed by atoms with E-state index in [1.165, 1.54) is 0 Å². The Kier molecular flexibility index (Phi) is 6.44. The molecule has 3 heterocycles. The molecule has 0 atom stereocenters. The lowest BCUT2D eigenvalue weighted by atomic mass is 10.1. The van der Waals surface area contributed by atoms with E-state index >= 15 is 0 Å². The molecule has 0 amide bonds. The minimum absolute atomic E-state index is 0. The summed E-state index contributed by atoms with van der Waals surface area (Å²) in [7, 11) is 0. The van der Waals surface area contributed by atoms with Gasteiger partial charge in [-0.25, -0.2) is 4.98 Å². The maximum absolute atomic E-state index is 8.80. The Hall–Kier alpha value is -1.35. The van der Waals surface area contributed by atoms with Crippen LogP contribution in [0.25, 0.3) is 0 Å². The van der Waals surface area contributed by atoms with Gasteiger partial charge in [-0.1, -0.05) is 0 Å². The van der Waals surface area contributed by atoms with Gasteiger partial charge in [-0.3, -0.25) is 0 Å². The SMILES string of the molecule is Cl.N#Cc1ccc(N2CCC(OC3CCNCC3)CC2)nc1. The van der Waals surface area contributed by atoms with Crippen LogP contribution in [-0.2, 0) is 4.74 Å². The summed E-state index contributed by atoms with van der Waals surface area (Å²) in [5.41, 5.74) is 0.614. The average molecular weight is 323 g/mol. The lowest BCUT2D eigenvalue weighted by molar-refractivity contribution is -0.0364. The van der Waals surface area contributed by atoms with Crippen molar-refractivity contribution >= 4 is 18.2 Å². The zero-order valence-corrected chi connectivity index (χ0v) is 13.5. The molecule has 1 aromatic rings. The number of nitriles is 1. The lowest BCUT2D eigenvalue weighted by Gasteiger charge is -2.35. The fourth-order valence-corrected chi connectivity index (χ4v) is 3.06. The van der Waals surface area contributed by atoms with Crippen LogP contribution in [0, 0.1) is 11.3 Å². The van der Waals surface area contributed by atoms with Crippen molar-refractivity contribution in [2.75, 3.05) is 31.1 Å². The number of nitrogens with zero attached hydrogens (tertiary/aromatic N) is 3. The molecule has 0 bridgehead atoms. The summed E-state index contributed by atoms with van der Waals surface area (Å²) in [5, 5.41) is 12.2. The second-order valence-electron chi connectivity index (χ2n) is 5.79. The van der Waals surface area contributed by atoms with Crippen molar-refractivity contribution in [2.24, 2.45) is 0 Å². The molecule has 6 heteroatoms. The molecule has 2 saturated heterocycles. The van der Waals surface area contributed by atoms with E-state index in [0.717, 1.165) is 57.7 Å². The van der Waals surface area contributed by atoms with Crippen LogP contribution in [-0.4, -0.2) is 43.4 Å². The molecule has 22 heavy (non-hydrogen) atoms. The quantitative estimate of drug-likeness (QED) is 0.923. The molecule has 0 unspecified atom stereocenters. The molecular formula is C16H23ClN4O. The molecule has 0 saturated carbocycles. The van der Waals surface area contributed by atoms with Crippen molar-refractivity contribution in [2.45, 2.75) is 37.9 Å². The van der Waals surface area contributed by atoms with Gasteiger partial charge < -0.3 is 15.0 Å². The first-order valence-electron chi connectivity index (χ1n) is 7.82. The second kappa shape index (κ2) is 8.33. The Morgan fingerprint density at radius 1 is 1.14 bits per heavy atom. The van der Waals surface area contributed by atoms with Crippen LogP contribution in [0.2, 0.25) is 0 Å². The molecular weight excluding hydrogens is 300 g/mol. The van der Waals surface area contributed by atoms with Crippen molar-refractivity contribution in [3.05, 3.63) is 23.9 Å². The molecule has 2 aliphatic heterocycles. The summed E-state index contributed by atoms with van der Waals surface area (Å²) >= 11 is 0. The third kappa shape index (κ3) is 4.33. The number of piperidine rings is 2. The van der Waals surface area contributed by atoms with Crippen molar-refractivity contribution < 1.29 is 4.74 Å². The number of hydrogen-bond donors (Lipinski definition) is 1. The molecule has 2 fully saturated rings. The zero-order valence-electron chi connectivity index (χ0n) is 12.7. The Bertz CT molecular complexity index is 488. The zero-order chi connectivity index (χ0) is 14.5. The second-order valence-corrected chi connectivity index (χ2v) is 5.79. The van der Waals surface area contributed by atoms with Crippen LogP contribution >= 0.6 is 12.4 Å². The van der Waals surface area contributed by atoms with Gasteiger partial charge in [0.1, 0.15) is 11.9 Å². The number of nitrogens with one attached hydrogen (secondary N) is 1. The number of anilines is 1. The Morgan fingerprint density at radius 3 is 2.41 bits per heavy atom. The standard InChI is InChI=1S/C16H22N4O.ClH/c17-11-13-1-2-16(19-12-13)20-9-5-15(6-10-20)21-14-3-7-18-8-4-14;/h1-2,12,14-15,18H,3-10H2;1H. The van der Waals surface area contributed by atoms with Crippen molar-refractivity contribution in [1.82, 2.24) is 10.3 Å². The molecule has 0 radical (unpaired) electrons. The summed E-state index contributed by atoms with van der Waals surface area (Å²) in [5.74, 6) is 0.967. The highest BCUT2D eigenvalue weighted by Gasteiger charge is 2.24. The first kappa shape index (κ1) is 17.0. The molecule has 0 aromatic carbocycles. The smallest absolute Gasteiger partial charge is 0.128 e. The number of aromatic nitrogens is 1. The van der Waals surface area contributed by atoms with Gasteiger partial charge >= 0.3 is 0 Å². The van der Waals surface area contributed by atoms with E-state index in [2.05, 4.69) is 21.3 Å². The summed E-state index contributed by atoms with van der Waals surface area (Å²) in [6.07, 6.45) is 6.87. The molecule has 5 nitrogen and oxygen atoms in total. The average Bonchev–Trinajstić information content (AvgIpc) is 2.57. The highest BCUT2D eigenvalue weighted by molar-refractivity contribution is 5.85. The first-order chi connectivity index (χ1) is 10.3. The Balaban J connectivity index is 0.00000176. The van der Waals surface area contributed by atoms with Gasteiger partial charge in [-0.2, -0.15) is 5.26 Å². The number of halogens is 1. The minimum atomic E-state index is 0. The van der Waals surface area contributed by atoms with Gasteiger partial charge in [0.25, 0.3) is 0 Å². The molecule has 3 rings (SSSR count). The lowest BCUT2D eigenvalue weighted by Crippen LogP contribution is -2.41. The first-order valence-corrected chi connectivity index (χ1v) is 7.82. The normalized spacial score (nSPS) is 20.2. The number of hydrogen-bond acceptors (Lipinski definition) is 5. The van der Waals surface area contributed by atoms with E-state index in [-0.39, 0.29) is 12.4 Å². The topological polar surface area (TPSA) is 61.2 Å². The third-order valence-corrected chi connectivity index (χ3v) is 4.31. The van der Waals surface area contributed by atoms with E-state index in [4.69, 9.17) is 10.00 Å². The number of rotatable bonds is 3. The molecule has 0 aliphatic carbocycles. The molecule has 2 aliphatic rings. The van der Waals surface area contributed by atoms with E-state index in [0.29, 0.717) is 17.8 Å². The van der Waals surface area contributed by atoms with Gasteiger partial charge in [-0.05, 0) is 50.9 Å². The monoisotopic (exact) mass is 322 g/mol. The fourth-order valence-electron chi connectivity index (χ4n) is 3.06. The summed E-state index contributed by atoms with van der Waals surface area (Å²) in [6.45, 7) is 4.13. The molecule has 1 aromatic heterocycles. The largest absolute Gasteiger partial charge is 0.375 e. The highest BCUT2D eigenvalue weighted by atomic mass is 35.5. The number of pyridine rings is 1. The van der Waals surface area contributed by atoms with Crippen LogP contribution < -0.4 is 10.2 Å². The molecule has 1 N–H and O–H groups in total. The van der Waals surface area contributed by atoms with Gasteiger partial charge in [-0.15, -0.1) is 12.4 Å². The minimum Gasteiger partial charge on any atom is -0.375 e. The molecule has 120 valence electrons. The van der Waals surface area contributed by atoms with Crippen LogP contribution in [0.5, 0.6) is 0 Å². The number of ether oxygens (including phenoxy) is 1. The van der Waals surface area contributed by atoms with Crippen molar-refractivity contribution in [1.29, 1.82) is 5.26 Å². The predicted octanol–water partition coefficient (Wildman–Crippen LogP) is 2.11. The van der Waals surface area contributed by atoms with Gasteiger partial charge in [0, 0.05) is 19.3 Å². The molecule has 0 spiro atoms. The van der Waals surface area contributed by atoms with Crippen LogP contribution in [0.3, 0.4) is 0 Å². The summed E-state index contributed by atoms with van der Waals surface area (Å²) in [4.78, 5) is 6.65. The van der Waals surface area contributed by atoms with E-state index < -0.39 is 0 Å². The summed E-state index contributed by atoms with van der Waals surface area (Å²) < 4.78 is 6.22. The van der Waals surface area contributed by atoms with Crippen LogP contribution in [0.1, 0.15) is 31.2 Å².